The van der Waals surface area contributed by atoms with E-state index >= 15 is 0 Å². The molecule has 0 saturated carbocycles. The highest BCUT2D eigenvalue weighted by Gasteiger charge is 2.12. The highest BCUT2D eigenvalue weighted by Crippen LogP contribution is 2.25. The van der Waals surface area contributed by atoms with Crippen LogP contribution >= 0.6 is 0 Å². The first-order valence-electron chi connectivity index (χ1n) is 6.66. The second kappa shape index (κ2) is 5.91. The van der Waals surface area contributed by atoms with E-state index in [9.17, 15) is 14.5 Å². The van der Waals surface area contributed by atoms with Gasteiger partial charge in [0, 0.05) is 23.4 Å². The van der Waals surface area contributed by atoms with Crippen LogP contribution in [0.1, 0.15) is 29.7 Å². The average molecular weight is 288 g/mol. The highest BCUT2D eigenvalue weighted by molar-refractivity contribution is 5.54. The molecular weight excluding hydrogens is 271 g/mol. The minimum absolute atomic E-state index is 0.0922. The van der Waals surface area contributed by atoms with Gasteiger partial charge in [0.25, 0.3) is 5.69 Å². The molecule has 0 aromatic heterocycles. The number of hydrogen-bond donors (Lipinski definition) is 1. The van der Waals surface area contributed by atoms with Crippen LogP contribution in [0.5, 0.6) is 0 Å². The van der Waals surface area contributed by atoms with Crippen LogP contribution in [-0.2, 0) is 0 Å². The maximum absolute atomic E-state index is 13.6. The molecule has 0 spiro atoms. The van der Waals surface area contributed by atoms with Crippen LogP contribution in [0.15, 0.2) is 36.4 Å². The van der Waals surface area contributed by atoms with Crippen LogP contribution in [0.2, 0.25) is 0 Å². The smallest absolute Gasteiger partial charge is 0.272 e. The Morgan fingerprint density at radius 2 is 1.86 bits per heavy atom. The van der Waals surface area contributed by atoms with Crippen LogP contribution < -0.4 is 5.32 Å². The van der Waals surface area contributed by atoms with E-state index in [4.69, 9.17) is 0 Å². The van der Waals surface area contributed by atoms with Gasteiger partial charge >= 0.3 is 0 Å². The van der Waals surface area contributed by atoms with Crippen LogP contribution in [0.3, 0.4) is 0 Å². The topological polar surface area (TPSA) is 55.2 Å². The molecule has 2 aromatic carbocycles. The number of rotatable bonds is 4. The van der Waals surface area contributed by atoms with E-state index in [0.717, 1.165) is 11.3 Å². The quantitative estimate of drug-likeness (QED) is 0.664. The van der Waals surface area contributed by atoms with E-state index < -0.39 is 4.92 Å². The standard InChI is InChI=1S/C16H17FN2O2/c1-10-4-5-13(9-15(10)17)12(3)18-14-6-7-16(19(20)21)11(2)8-14/h4-9,12,18H,1-3H3. The Kier molecular flexibility index (Phi) is 4.21. The zero-order valence-electron chi connectivity index (χ0n) is 12.2. The maximum atomic E-state index is 13.6. The fraction of sp³-hybridized carbons (Fsp3) is 0.250. The van der Waals surface area contributed by atoms with Gasteiger partial charge in [-0.15, -0.1) is 0 Å². The Labute approximate surface area is 122 Å². The lowest BCUT2D eigenvalue weighted by atomic mass is 10.1. The molecule has 1 N–H and O–H groups in total. The summed E-state index contributed by atoms with van der Waals surface area (Å²) in [6.07, 6.45) is 0. The van der Waals surface area contributed by atoms with Crippen LogP contribution in [0, 0.1) is 29.8 Å². The number of halogens is 1. The monoisotopic (exact) mass is 288 g/mol. The van der Waals surface area contributed by atoms with E-state index in [2.05, 4.69) is 5.32 Å². The molecule has 0 saturated heterocycles. The van der Waals surface area contributed by atoms with Crippen molar-refractivity contribution in [2.45, 2.75) is 26.8 Å². The zero-order valence-corrected chi connectivity index (χ0v) is 12.2. The van der Waals surface area contributed by atoms with Crippen molar-refractivity contribution in [3.8, 4) is 0 Å². The normalized spacial score (nSPS) is 12.0. The molecule has 1 atom stereocenters. The second-order valence-corrected chi connectivity index (χ2v) is 5.13. The third-order valence-electron chi connectivity index (χ3n) is 3.47. The molecule has 5 heteroatoms. The lowest BCUT2D eigenvalue weighted by molar-refractivity contribution is -0.385. The second-order valence-electron chi connectivity index (χ2n) is 5.13. The summed E-state index contributed by atoms with van der Waals surface area (Å²) in [5.41, 5.74) is 2.89. The summed E-state index contributed by atoms with van der Waals surface area (Å²) >= 11 is 0. The first kappa shape index (κ1) is 15.0. The predicted molar refractivity (Wildman–Crippen MR) is 81.0 cm³/mol. The van der Waals surface area contributed by atoms with E-state index in [1.165, 1.54) is 12.1 Å². The maximum Gasteiger partial charge on any atom is 0.272 e. The van der Waals surface area contributed by atoms with Crippen molar-refractivity contribution in [2.24, 2.45) is 0 Å². The molecule has 21 heavy (non-hydrogen) atoms. The SMILES string of the molecule is Cc1ccc(C(C)Nc2ccc([N+](=O)[O-])c(C)c2)cc1F. The number of benzene rings is 2. The first-order chi connectivity index (χ1) is 9.88. The van der Waals surface area contributed by atoms with Gasteiger partial charge in [-0.1, -0.05) is 12.1 Å². The Balaban J connectivity index is 2.19. The van der Waals surface area contributed by atoms with Crippen molar-refractivity contribution in [3.05, 3.63) is 69.0 Å². The lowest BCUT2D eigenvalue weighted by Gasteiger charge is -2.16. The largest absolute Gasteiger partial charge is 0.379 e. The van der Waals surface area contributed by atoms with Crippen molar-refractivity contribution in [2.75, 3.05) is 5.32 Å². The van der Waals surface area contributed by atoms with Crippen LogP contribution in [0.4, 0.5) is 15.8 Å². The Bertz CT molecular complexity index is 686. The summed E-state index contributed by atoms with van der Waals surface area (Å²) < 4.78 is 13.6. The summed E-state index contributed by atoms with van der Waals surface area (Å²) in [6.45, 7) is 5.33. The molecule has 0 radical (unpaired) electrons. The average Bonchev–Trinajstić information content (AvgIpc) is 2.41. The minimum atomic E-state index is -0.405. The van der Waals surface area contributed by atoms with Gasteiger partial charge in [0.1, 0.15) is 5.82 Å². The molecule has 1 unspecified atom stereocenters. The molecule has 0 fully saturated rings. The first-order valence-corrected chi connectivity index (χ1v) is 6.66. The minimum Gasteiger partial charge on any atom is -0.379 e. The van der Waals surface area contributed by atoms with Gasteiger partial charge in [0.05, 0.1) is 4.92 Å². The third-order valence-corrected chi connectivity index (χ3v) is 3.47. The number of nitrogens with one attached hydrogen (secondary N) is 1. The number of nitro benzene ring substituents is 1. The van der Waals surface area contributed by atoms with Gasteiger partial charge in [-0.25, -0.2) is 4.39 Å². The van der Waals surface area contributed by atoms with Gasteiger partial charge < -0.3 is 5.32 Å². The van der Waals surface area contributed by atoms with Gasteiger partial charge in [0.2, 0.25) is 0 Å². The lowest BCUT2D eigenvalue weighted by Crippen LogP contribution is -2.07. The molecule has 0 aliphatic heterocycles. The summed E-state index contributed by atoms with van der Waals surface area (Å²) in [5.74, 6) is -0.235. The van der Waals surface area contributed by atoms with E-state index in [1.54, 1.807) is 32.0 Å². The Morgan fingerprint density at radius 1 is 1.14 bits per heavy atom. The molecule has 0 heterocycles. The molecule has 0 amide bonds. The molecule has 2 rings (SSSR count). The number of hydrogen-bond acceptors (Lipinski definition) is 3. The van der Waals surface area contributed by atoms with E-state index in [0.29, 0.717) is 11.1 Å². The van der Waals surface area contributed by atoms with E-state index in [-0.39, 0.29) is 17.5 Å². The van der Waals surface area contributed by atoms with Crippen molar-refractivity contribution in [1.29, 1.82) is 0 Å². The summed E-state index contributed by atoms with van der Waals surface area (Å²) in [7, 11) is 0. The summed E-state index contributed by atoms with van der Waals surface area (Å²) in [6, 6.07) is 9.87. The molecule has 0 aliphatic carbocycles. The van der Waals surface area contributed by atoms with E-state index in [1.807, 2.05) is 13.0 Å². The van der Waals surface area contributed by atoms with Gasteiger partial charge in [-0.3, -0.25) is 10.1 Å². The van der Waals surface area contributed by atoms with Crippen LogP contribution in [-0.4, -0.2) is 4.92 Å². The number of nitrogens with zero attached hydrogens (tertiary/aromatic N) is 1. The molecule has 0 bridgehead atoms. The zero-order chi connectivity index (χ0) is 15.6. The fourth-order valence-corrected chi connectivity index (χ4v) is 2.16. The van der Waals surface area contributed by atoms with Crippen LogP contribution in [0.25, 0.3) is 0 Å². The number of aryl methyl sites for hydroxylation is 2. The Hall–Kier alpha value is -2.43. The molecule has 110 valence electrons. The van der Waals surface area contributed by atoms with Gasteiger partial charge in [-0.2, -0.15) is 0 Å². The van der Waals surface area contributed by atoms with Crippen molar-refractivity contribution < 1.29 is 9.31 Å². The van der Waals surface area contributed by atoms with Gasteiger partial charge in [-0.05, 0) is 50.1 Å². The Morgan fingerprint density at radius 3 is 2.43 bits per heavy atom. The molecule has 4 nitrogen and oxygen atoms in total. The molecule has 0 aliphatic rings. The van der Waals surface area contributed by atoms with Crippen molar-refractivity contribution in [3.63, 3.8) is 0 Å². The third kappa shape index (κ3) is 3.37. The predicted octanol–water partition coefficient (Wildman–Crippen LogP) is 4.52. The van der Waals surface area contributed by atoms with Gasteiger partial charge in [0.15, 0.2) is 0 Å². The number of anilines is 1. The van der Waals surface area contributed by atoms with Crippen molar-refractivity contribution in [1.82, 2.24) is 0 Å². The highest BCUT2D eigenvalue weighted by atomic mass is 19.1. The summed E-state index contributed by atoms with van der Waals surface area (Å²) in [4.78, 5) is 10.4. The fourth-order valence-electron chi connectivity index (χ4n) is 2.16. The molecule has 2 aromatic rings. The molecular formula is C16H17FN2O2. The van der Waals surface area contributed by atoms with Crippen molar-refractivity contribution >= 4 is 11.4 Å². The number of nitro groups is 1. The summed E-state index contributed by atoms with van der Waals surface area (Å²) in [5, 5.41) is 14.0.